The van der Waals surface area contributed by atoms with Crippen molar-refractivity contribution in [3.8, 4) is 5.75 Å². The third kappa shape index (κ3) is 4.76. The summed E-state index contributed by atoms with van der Waals surface area (Å²) in [5, 5.41) is 5.11. The fourth-order valence-electron chi connectivity index (χ4n) is 3.90. The van der Waals surface area contributed by atoms with Crippen molar-refractivity contribution in [1.29, 1.82) is 0 Å². The van der Waals surface area contributed by atoms with Crippen LogP contribution in [-0.4, -0.2) is 5.91 Å². The molecule has 1 amide bonds. The number of fused-ring (bicyclic) bond motifs is 1. The number of ether oxygens (including phenoxy) is 1. The number of thiophene rings is 1. The average molecular weight is 420 g/mol. The molecule has 1 N–H and O–H groups in total. The molecular formula is C26H29NO2S. The van der Waals surface area contributed by atoms with Gasteiger partial charge < -0.3 is 10.1 Å². The molecule has 0 spiro atoms. The van der Waals surface area contributed by atoms with Crippen molar-refractivity contribution in [2.75, 3.05) is 0 Å². The topological polar surface area (TPSA) is 38.3 Å². The minimum absolute atomic E-state index is 0.0353. The van der Waals surface area contributed by atoms with Crippen molar-refractivity contribution in [2.24, 2.45) is 0 Å². The van der Waals surface area contributed by atoms with Gasteiger partial charge in [0.15, 0.2) is 0 Å². The summed E-state index contributed by atoms with van der Waals surface area (Å²) in [7, 11) is 0. The molecule has 0 bridgehead atoms. The number of amides is 1. The number of nitrogens with one attached hydrogen (secondary N) is 1. The molecule has 1 heterocycles. The van der Waals surface area contributed by atoms with Crippen molar-refractivity contribution in [1.82, 2.24) is 5.32 Å². The molecule has 0 saturated heterocycles. The van der Waals surface area contributed by atoms with Gasteiger partial charge in [0.2, 0.25) is 0 Å². The molecule has 1 atom stereocenters. The van der Waals surface area contributed by atoms with Crippen molar-refractivity contribution < 1.29 is 9.53 Å². The summed E-state index contributed by atoms with van der Waals surface area (Å²) in [5.74, 6) is 1.38. The highest BCUT2D eigenvalue weighted by molar-refractivity contribution is 7.12. The van der Waals surface area contributed by atoms with E-state index in [-0.39, 0.29) is 11.9 Å². The molecule has 3 nitrogen and oxygen atoms in total. The second kappa shape index (κ2) is 9.05. The first kappa shape index (κ1) is 20.7. The summed E-state index contributed by atoms with van der Waals surface area (Å²) in [6.45, 7) is 6.87. The second-order valence-corrected chi connectivity index (χ2v) is 9.32. The maximum atomic E-state index is 12.7. The van der Waals surface area contributed by atoms with Gasteiger partial charge in [-0.05, 0) is 77.9 Å². The smallest absolute Gasteiger partial charge is 0.261 e. The first-order chi connectivity index (χ1) is 14.5. The minimum atomic E-state index is -0.0378. The highest BCUT2D eigenvalue weighted by atomic mass is 32.1. The van der Waals surface area contributed by atoms with Crippen molar-refractivity contribution in [2.45, 2.75) is 58.6 Å². The Balaban J connectivity index is 1.33. The molecule has 0 radical (unpaired) electrons. The number of benzene rings is 2. The zero-order valence-electron chi connectivity index (χ0n) is 17.9. The van der Waals surface area contributed by atoms with E-state index in [1.165, 1.54) is 40.9 Å². The second-order valence-electron chi connectivity index (χ2n) is 8.41. The Morgan fingerprint density at radius 2 is 1.73 bits per heavy atom. The van der Waals surface area contributed by atoms with E-state index in [2.05, 4.69) is 61.6 Å². The molecular weight excluding hydrogens is 390 g/mol. The largest absolute Gasteiger partial charge is 0.489 e. The predicted molar refractivity (Wildman–Crippen MR) is 124 cm³/mol. The van der Waals surface area contributed by atoms with E-state index in [4.69, 9.17) is 4.74 Å². The summed E-state index contributed by atoms with van der Waals surface area (Å²) in [4.78, 5) is 13.4. The van der Waals surface area contributed by atoms with Crippen molar-refractivity contribution in [3.05, 3.63) is 86.6 Å². The Morgan fingerprint density at radius 3 is 2.50 bits per heavy atom. The van der Waals surface area contributed by atoms with Crippen molar-refractivity contribution >= 4 is 17.2 Å². The third-order valence-electron chi connectivity index (χ3n) is 5.80. The SMILES string of the molecule is CC(C)c1ccc(C(C)NC(=O)c2cc(COc3ccc4c(c3)CCC4)cs2)cc1. The molecule has 4 heteroatoms. The third-order valence-corrected chi connectivity index (χ3v) is 6.78. The van der Waals surface area contributed by atoms with Crippen LogP contribution in [0.1, 0.15) is 76.6 Å². The predicted octanol–water partition coefficient (Wildman–Crippen LogP) is 6.43. The van der Waals surface area contributed by atoms with Gasteiger partial charge in [-0.25, -0.2) is 0 Å². The lowest BCUT2D eigenvalue weighted by Gasteiger charge is -2.15. The molecule has 3 aromatic rings. The average Bonchev–Trinajstić information content (AvgIpc) is 3.41. The van der Waals surface area contributed by atoms with E-state index in [1.54, 1.807) is 0 Å². The van der Waals surface area contributed by atoms with Crippen LogP contribution in [0, 0.1) is 0 Å². The Labute approximate surface area is 183 Å². The van der Waals surface area contributed by atoms with Crippen LogP contribution < -0.4 is 10.1 Å². The van der Waals surface area contributed by atoms with Gasteiger partial charge in [-0.3, -0.25) is 4.79 Å². The maximum absolute atomic E-state index is 12.7. The van der Waals surface area contributed by atoms with Gasteiger partial charge in [0, 0.05) is 5.56 Å². The molecule has 1 unspecified atom stereocenters. The zero-order valence-corrected chi connectivity index (χ0v) is 18.7. The van der Waals surface area contributed by atoms with Crippen LogP contribution in [-0.2, 0) is 19.4 Å². The molecule has 0 fully saturated rings. The Hall–Kier alpha value is -2.59. The van der Waals surface area contributed by atoms with Crippen molar-refractivity contribution in [3.63, 3.8) is 0 Å². The van der Waals surface area contributed by atoms with Crippen LogP contribution in [0.5, 0.6) is 5.75 Å². The number of aryl methyl sites for hydroxylation is 2. The van der Waals surface area contributed by atoms with Crippen LogP contribution in [0.2, 0.25) is 0 Å². The number of carbonyl (C=O) groups is 1. The maximum Gasteiger partial charge on any atom is 0.261 e. The van der Waals surface area contributed by atoms with Gasteiger partial charge in [-0.2, -0.15) is 0 Å². The molecule has 2 aromatic carbocycles. The fraction of sp³-hybridized carbons (Fsp3) is 0.346. The Kier molecular flexibility index (Phi) is 6.24. The lowest BCUT2D eigenvalue weighted by atomic mass is 9.99. The minimum Gasteiger partial charge on any atom is -0.489 e. The fourth-order valence-corrected chi connectivity index (χ4v) is 4.70. The number of hydrogen-bond donors (Lipinski definition) is 1. The highest BCUT2D eigenvalue weighted by Gasteiger charge is 2.15. The standard InChI is InChI=1S/C26H29NO2S/c1-17(2)20-7-9-21(10-8-20)18(3)27-26(28)25-13-19(16-30-25)15-29-24-12-11-22-5-4-6-23(22)14-24/h7-14,16-18H,4-6,15H2,1-3H3,(H,27,28). The van der Waals surface area contributed by atoms with E-state index in [0.29, 0.717) is 17.4 Å². The summed E-state index contributed by atoms with van der Waals surface area (Å²) in [5.41, 5.74) is 6.31. The highest BCUT2D eigenvalue weighted by Crippen LogP contribution is 2.27. The normalized spacial score (nSPS) is 13.9. The summed E-state index contributed by atoms with van der Waals surface area (Å²) >= 11 is 1.46. The Bertz CT molecular complexity index is 1020. The van der Waals surface area contributed by atoms with E-state index in [0.717, 1.165) is 23.3 Å². The first-order valence-corrected chi connectivity index (χ1v) is 11.6. The molecule has 156 valence electrons. The monoisotopic (exact) mass is 419 g/mol. The van der Waals surface area contributed by atoms with Crippen LogP contribution >= 0.6 is 11.3 Å². The Morgan fingerprint density at radius 1 is 1.00 bits per heavy atom. The van der Waals surface area contributed by atoms with E-state index in [9.17, 15) is 4.79 Å². The summed E-state index contributed by atoms with van der Waals surface area (Å²) in [6, 6.07) is 16.8. The molecule has 4 rings (SSSR count). The van der Waals surface area contributed by atoms with Gasteiger partial charge >= 0.3 is 0 Å². The molecule has 1 aliphatic carbocycles. The van der Waals surface area contributed by atoms with Crippen LogP contribution in [0.25, 0.3) is 0 Å². The quantitative estimate of drug-likeness (QED) is 0.479. The summed E-state index contributed by atoms with van der Waals surface area (Å²) in [6.07, 6.45) is 3.56. The molecule has 1 aromatic heterocycles. The number of carbonyl (C=O) groups excluding carboxylic acids is 1. The number of rotatable bonds is 7. The first-order valence-electron chi connectivity index (χ1n) is 10.7. The van der Waals surface area contributed by atoms with E-state index >= 15 is 0 Å². The van der Waals surface area contributed by atoms with Gasteiger partial charge in [-0.1, -0.05) is 44.2 Å². The lowest BCUT2D eigenvalue weighted by Crippen LogP contribution is -2.25. The van der Waals surface area contributed by atoms with Crippen LogP contribution in [0.4, 0.5) is 0 Å². The van der Waals surface area contributed by atoms with Gasteiger partial charge in [0.1, 0.15) is 12.4 Å². The molecule has 30 heavy (non-hydrogen) atoms. The molecule has 0 saturated carbocycles. The number of hydrogen-bond acceptors (Lipinski definition) is 3. The lowest BCUT2D eigenvalue weighted by molar-refractivity contribution is 0.0944. The van der Waals surface area contributed by atoms with E-state index < -0.39 is 0 Å². The van der Waals surface area contributed by atoms with E-state index in [1.807, 2.05) is 18.4 Å². The molecule has 1 aliphatic rings. The van der Waals surface area contributed by atoms with Gasteiger partial charge in [-0.15, -0.1) is 11.3 Å². The van der Waals surface area contributed by atoms with Crippen LogP contribution in [0.3, 0.4) is 0 Å². The zero-order chi connectivity index (χ0) is 21.1. The summed E-state index contributed by atoms with van der Waals surface area (Å²) < 4.78 is 5.97. The van der Waals surface area contributed by atoms with Gasteiger partial charge in [0.25, 0.3) is 5.91 Å². The molecule has 0 aliphatic heterocycles. The van der Waals surface area contributed by atoms with Crippen LogP contribution in [0.15, 0.2) is 53.9 Å². The van der Waals surface area contributed by atoms with Gasteiger partial charge in [0.05, 0.1) is 10.9 Å².